The minimum Gasteiger partial charge on any atom is -0.354 e. The van der Waals surface area contributed by atoms with Crippen LogP contribution in [0.5, 0.6) is 0 Å². The molecule has 0 aromatic carbocycles. The Labute approximate surface area is 132 Å². The normalized spacial score (nSPS) is 10.5. The molecule has 0 bridgehead atoms. The maximum Gasteiger partial charge on any atom is 0.273 e. The van der Waals surface area contributed by atoms with Gasteiger partial charge in [0.25, 0.3) is 5.91 Å². The fraction of sp³-hybridized carbons (Fsp3) is 0.385. The molecule has 8 nitrogen and oxygen atoms in total. The molecular weight excluding hydrogens is 308 g/mol. The van der Waals surface area contributed by atoms with Crippen LogP contribution in [0.25, 0.3) is 0 Å². The summed E-state index contributed by atoms with van der Waals surface area (Å²) < 4.78 is 3.02. The number of hydrogen-bond donors (Lipinski definition) is 2. The molecule has 118 valence electrons. The van der Waals surface area contributed by atoms with E-state index in [0.29, 0.717) is 22.9 Å². The minimum atomic E-state index is -0.361. The van der Waals surface area contributed by atoms with Crippen LogP contribution in [0.15, 0.2) is 12.4 Å². The standard InChI is InChI=1S/C13H17ClN6O2/c1-4-19-6-10(12(18-19)13(22)15-3)16-11(21)7-20-5-9(14)8(2)17-20/h5-6H,4,7H2,1-3H3,(H,15,22)(H,16,21). The Kier molecular flexibility index (Phi) is 4.81. The molecule has 0 saturated heterocycles. The number of nitrogens with one attached hydrogen (secondary N) is 2. The third-order valence-corrected chi connectivity index (χ3v) is 3.37. The summed E-state index contributed by atoms with van der Waals surface area (Å²) in [7, 11) is 1.51. The zero-order chi connectivity index (χ0) is 16.3. The van der Waals surface area contributed by atoms with Crippen LogP contribution in [0.3, 0.4) is 0 Å². The van der Waals surface area contributed by atoms with Crippen molar-refractivity contribution in [2.75, 3.05) is 12.4 Å². The predicted octanol–water partition coefficient (Wildman–Crippen LogP) is 1.06. The van der Waals surface area contributed by atoms with Crippen LogP contribution in [-0.2, 0) is 17.9 Å². The largest absolute Gasteiger partial charge is 0.354 e. The Morgan fingerprint density at radius 1 is 1.27 bits per heavy atom. The van der Waals surface area contributed by atoms with Crippen LogP contribution in [0.1, 0.15) is 23.1 Å². The number of amides is 2. The quantitative estimate of drug-likeness (QED) is 0.860. The van der Waals surface area contributed by atoms with E-state index in [1.165, 1.54) is 11.7 Å². The van der Waals surface area contributed by atoms with E-state index >= 15 is 0 Å². The average Bonchev–Trinajstić information content (AvgIpc) is 3.01. The summed E-state index contributed by atoms with van der Waals surface area (Å²) in [6.45, 7) is 4.23. The molecule has 9 heteroatoms. The molecule has 0 aliphatic rings. The number of carbonyl (C=O) groups excluding carboxylic acids is 2. The highest BCUT2D eigenvalue weighted by atomic mass is 35.5. The van der Waals surface area contributed by atoms with Crippen molar-refractivity contribution >= 4 is 29.1 Å². The average molecular weight is 325 g/mol. The number of aromatic nitrogens is 4. The Balaban J connectivity index is 2.13. The first kappa shape index (κ1) is 16.0. The molecule has 0 aliphatic heterocycles. The van der Waals surface area contributed by atoms with E-state index < -0.39 is 0 Å². The molecule has 2 rings (SSSR count). The van der Waals surface area contributed by atoms with Gasteiger partial charge in [0.05, 0.1) is 16.4 Å². The molecule has 0 radical (unpaired) electrons. The lowest BCUT2D eigenvalue weighted by molar-refractivity contribution is -0.116. The maximum absolute atomic E-state index is 12.1. The monoisotopic (exact) mass is 324 g/mol. The highest BCUT2D eigenvalue weighted by molar-refractivity contribution is 6.31. The summed E-state index contributed by atoms with van der Waals surface area (Å²) in [4.78, 5) is 23.9. The Morgan fingerprint density at radius 2 is 2.00 bits per heavy atom. The van der Waals surface area contributed by atoms with Crippen LogP contribution in [0.4, 0.5) is 5.69 Å². The number of halogens is 1. The summed E-state index contributed by atoms with van der Waals surface area (Å²) in [5.41, 5.74) is 1.19. The van der Waals surface area contributed by atoms with E-state index in [0.717, 1.165) is 0 Å². The first-order valence-corrected chi connectivity index (χ1v) is 7.11. The molecule has 0 saturated carbocycles. The third kappa shape index (κ3) is 3.45. The third-order valence-electron chi connectivity index (χ3n) is 2.99. The molecule has 2 aromatic heterocycles. The van der Waals surface area contributed by atoms with Gasteiger partial charge in [0.2, 0.25) is 5.91 Å². The second-order valence-corrected chi connectivity index (χ2v) is 5.04. The fourth-order valence-corrected chi connectivity index (χ4v) is 2.02. The molecule has 2 aromatic rings. The van der Waals surface area contributed by atoms with Gasteiger partial charge in [-0.2, -0.15) is 10.2 Å². The van der Waals surface area contributed by atoms with Gasteiger partial charge in [0.15, 0.2) is 5.69 Å². The van der Waals surface area contributed by atoms with Gasteiger partial charge in [-0.3, -0.25) is 19.0 Å². The SMILES string of the molecule is CCn1cc(NC(=O)Cn2cc(Cl)c(C)n2)c(C(=O)NC)n1. The molecule has 2 heterocycles. The Bertz CT molecular complexity index is 686. The fourth-order valence-electron chi connectivity index (χ4n) is 1.87. The van der Waals surface area contributed by atoms with Crippen molar-refractivity contribution < 1.29 is 9.59 Å². The van der Waals surface area contributed by atoms with Crippen molar-refractivity contribution in [3.8, 4) is 0 Å². The smallest absolute Gasteiger partial charge is 0.273 e. The lowest BCUT2D eigenvalue weighted by Crippen LogP contribution is -2.23. The van der Waals surface area contributed by atoms with Gasteiger partial charge in [-0.1, -0.05) is 11.6 Å². The van der Waals surface area contributed by atoms with Crippen LogP contribution in [-0.4, -0.2) is 38.4 Å². The van der Waals surface area contributed by atoms with Gasteiger partial charge >= 0.3 is 0 Å². The first-order chi connectivity index (χ1) is 10.4. The summed E-state index contributed by atoms with van der Waals surface area (Å²) in [5, 5.41) is 13.9. The van der Waals surface area contributed by atoms with Crippen molar-refractivity contribution in [1.82, 2.24) is 24.9 Å². The lowest BCUT2D eigenvalue weighted by atomic mass is 10.3. The molecule has 0 unspecified atom stereocenters. The number of hydrogen-bond acceptors (Lipinski definition) is 4. The number of aryl methyl sites for hydroxylation is 2. The van der Waals surface area contributed by atoms with Gasteiger partial charge in [0, 0.05) is 26.0 Å². The van der Waals surface area contributed by atoms with E-state index in [4.69, 9.17) is 11.6 Å². The van der Waals surface area contributed by atoms with E-state index in [2.05, 4.69) is 20.8 Å². The van der Waals surface area contributed by atoms with Gasteiger partial charge in [-0.25, -0.2) is 0 Å². The van der Waals surface area contributed by atoms with Crippen molar-refractivity contribution in [3.63, 3.8) is 0 Å². The van der Waals surface area contributed by atoms with Crippen LogP contribution >= 0.6 is 11.6 Å². The number of nitrogens with zero attached hydrogens (tertiary/aromatic N) is 4. The van der Waals surface area contributed by atoms with Crippen molar-refractivity contribution in [1.29, 1.82) is 0 Å². The topological polar surface area (TPSA) is 93.8 Å². The molecular formula is C13H17ClN6O2. The molecule has 0 spiro atoms. The summed E-state index contributed by atoms with van der Waals surface area (Å²) >= 11 is 5.90. The molecule has 2 N–H and O–H groups in total. The van der Waals surface area contributed by atoms with Gasteiger partial charge in [-0.05, 0) is 13.8 Å². The van der Waals surface area contributed by atoms with Crippen LogP contribution in [0.2, 0.25) is 5.02 Å². The molecule has 2 amide bonds. The van der Waals surface area contributed by atoms with E-state index in [-0.39, 0.29) is 24.1 Å². The van der Waals surface area contributed by atoms with Crippen molar-refractivity contribution in [3.05, 3.63) is 28.8 Å². The summed E-state index contributed by atoms with van der Waals surface area (Å²) in [6, 6.07) is 0. The summed E-state index contributed by atoms with van der Waals surface area (Å²) in [5.74, 6) is -0.680. The first-order valence-electron chi connectivity index (χ1n) is 6.73. The molecule has 0 aliphatic carbocycles. The van der Waals surface area contributed by atoms with Gasteiger partial charge < -0.3 is 10.6 Å². The lowest BCUT2D eigenvalue weighted by Gasteiger charge is -2.04. The second-order valence-electron chi connectivity index (χ2n) is 4.63. The van der Waals surface area contributed by atoms with E-state index in [9.17, 15) is 9.59 Å². The highest BCUT2D eigenvalue weighted by Crippen LogP contribution is 2.15. The number of carbonyl (C=O) groups is 2. The predicted molar refractivity (Wildman–Crippen MR) is 81.9 cm³/mol. The highest BCUT2D eigenvalue weighted by Gasteiger charge is 2.17. The molecule has 22 heavy (non-hydrogen) atoms. The maximum atomic E-state index is 12.1. The van der Waals surface area contributed by atoms with Gasteiger partial charge in [0.1, 0.15) is 6.54 Å². The van der Waals surface area contributed by atoms with E-state index in [1.807, 2.05) is 6.92 Å². The minimum absolute atomic E-state index is 0.00194. The number of rotatable bonds is 5. The zero-order valence-corrected chi connectivity index (χ0v) is 13.3. The number of anilines is 1. The van der Waals surface area contributed by atoms with Crippen LogP contribution in [0, 0.1) is 6.92 Å². The van der Waals surface area contributed by atoms with Gasteiger partial charge in [-0.15, -0.1) is 0 Å². The second kappa shape index (κ2) is 6.61. The van der Waals surface area contributed by atoms with E-state index in [1.54, 1.807) is 24.0 Å². The Hall–Kier alpha value is -2.35. The van der Waals surface area contributed by atoms with Crippen LogP contribution < -0.4 is 10.6 Å². The summed E-state index contributed by atoms with van der Waals surface area (Å²) in [6.07, 6.45) is 3.19. The molecule has 0 fully saturated rings. The van der Waals surface area contributed by atoms with Crippen molar-refractivity contribution in [2.45, 2.75) is 26.9 Å². The zero-order valence-electron chi connectivity index (χ0n) is 12.6. The van der Waals surface area contributed by atoms with Crippen molar-refractivity contribution in [2.24, 2.45) is 0 Å². The molecule has 0 atom stereocenters. The Morgan fingerprint density at radius 3 is 2.55 bits per heavy atom.